The number of aryl methyl sites for hydroxylation is 1. The van der Waals surface area contributed by atoms with Crippen molar-refractivity contribution in [1.82, 2.24) is 9.29 Å². The maximum Gasteiger partial charge on any atom is 0.277 e. The molecule has 5 nitrogen and oxygen atoms in total. The number of pyridine rings is 1. The highest BCUT2D eigenvalue weighted by Gasteiger charge is 2.28. The lowest BCUT2D eigenvalue weighted by atomic mass is 10.1. The van der Waals surface area contributed by atoms with Crippen LogP contribution in [0.5, 0.6) is 0 Å². The fraction of sp³-hybridized carbons (Fsp3) is 0.125. The van der Waals surface area contributed by atoms with Gasteiger partial charge in [0.15, 0.2) is 11.5 Å². The van der Waals surface area contributed by atoms with Crippen LogP contribution in [0.25, 0.3) is 5.76 Å². The molecule has 0 unspecified atom stereocenters. The van der Waals surface area contributed by atoms with Gasteiger partial charge in [-0.05, 0) is 43.1 Å². The largest absolute Gasteiger partial charge is 0.505 e. The summed E-state index contributed by atoms with van der Waals surface area (Å²) < 4.78 is 1.66. The number of nitrogens with zero attached hydrogens (tertiary/aromatic N) is 2. The number of hydrogen-bond donors (Lipinski definition) is 2. The molecule has 2 aromatic rings. The van der Waals surface area contributed by atoms with Gasteiger partial charge in [-0.2, -0.15) is 0 Å². The number of amides is 1. The monoisotopic (exact) mass is 313 g/mol. The third kappa shape index (κ3) is 2.65. The molecule has 0 aliphatic carbocycles. The predicted octanol–water partition coefficient (Wildman–Crippen LogP) is 3.21. The Bertz CT molecular complexity index is 773. The fourth-order valence-electron chi connectivity index (χ4n) is 2.25. The SMILES string of the molecule is Cc1cccc(NC(=O)C2=C(O)c3ccccc3SN2C)n1. The second-order valence-electron chi connectivity index (χ2n) is 4.90. The maximum absolute atomic E-state index is 12.5. The lowest BCUT2D eigenvalue weighted by Gasteiger charge is -2.27. The van der Waals surface area contributed by atoms with Crippen LogP contribution < -0.4 is 5.32 Å². The molecule has 0 saturated carbocycles. The van der Waals surface area contributed by atoms with E-state index in [2.05, 4.69) is 10.3 Å². The van der Waals surface area contributed by atoms with E-state index in [-0.39, 0.29) is 17.4 Å². The Labute approximate surface area is 132 Å². The van der Waals surface area contributed by atoms with Crippen LogP contribution in [0, 0.1) is 6.92 Å². The van der Waals surface area contributed by atoms with Gasteiger partial charge in [0.25, 0.3) is 5.91 Å². The summed E-state index contributed by atoms with van der Waals surface area (Å²) in [6.07, 6.45) is 0. The van der Waals surface area contributed by atoms with Crippen LogP contribution in [0.3, 0.4) is 0 Å². The summed E-state index contributed by atoms with van der Waals surface area (Å²) in [6, 6.07) is 12.8. The molecule has 2 heterocycles. The van der Waals surface area contributed by atoms with Crippen molar-refractivity contribution in [2.24, 2.45) is 0 Å². The zero-order valence-corrected chi connectivity index (χ0v) is 13.0. The molecule has 22 heavy (non-hydrogen) atoms. The van der Waals surface area contributed by atoms with Gasteiger partial charge in [-0.25, -0.2) is 4.98 Å². The second-order valence-corrected chi connectivity index (χ2v) is 6.07. The van der Waals surface area contributed by atoms with Crippen LogP contribution in [0.4, 0.5) is 5.82 Å². The number of aliphatic hydroxyl groups excluding tert-OH is 1. The Morgan fingerprint density at radius 3 is 2.77 bits per heavy atom. The highest BCUT2D eigenvalue weighted by Crippen LogP contribution is 2.38. The van der Waals surface area contributed by atoms with Crippen LogP contribution in [0.1, 0.15) is 11.3 Å². The average Bonchev–Trinajstić information content (AvgIpc) is 2.47. The Balaban J connectivity index is 1.94. The Morgan fingerprint density at radius 1 is 1.23 bits per heavy atom. The minimum atomic E-state index is -0.389. The van der Waals surface area contributed by atoms with Crippen LogP contribution in [0.15, 0.2) is 53.1 Å². The van der Waals surface area contributed by atoms with Gasteiger partial charge < -0.3 is 14.7 Å². The molecule has 1 aliphatic rings. The number of likely N-dealkylation sites (N-methyl/N-ethyl adjacent to an activating group) is 1. The van der Waals surface area contributed by atoms with Crippen LogP contribution in [0.2, 0.25) is 0 Å². The Hall–Kier alpha value is -2.47. The van der Waals surface area contributed by atoms with Gasteiger partial charge in [0, 0.05) is 23.2 Å². The molecule has 0 radical (unpaired) electrons. The van der Waals surface area contributed by atoms with E-state index in [4.69, 9.17) is 0 Å². The van der Waals surface area contributed by atoms with E-state index >= 15 is 0 Å². The zero-order valence-electron chi connectivity index (χ0n) is 12.2. The second kappa shape index (κ2) is 5.73. The third-order valence-electron chi connectivity index (χ3n) is 3.26. The van der Waals surface area contributed by atoms with E-state index in [1.165, 1.54) is 11.9 Å². The van der Waals surface area contributed by atoms with Gasteiger partial charge in [-0.3, -0.25) is 4.79 Å². The summed E-state index contributed by atoms with van der Waals surface area (Å²) in [5, 5.41) is 13.2. The molecule has 3 rings (SSSR count). The normalized spacial score (nSPS) is 13.8. The van der Waals surface area contributed by atoms with Gasteiger partial charge >= 0.3 is 0 Å². The molecule has 1 aromatic carbocycles. The van der Waals surface area contributed by atoms with Crippen molar-refractivity contribution in [3.63, 3.8) is 0 Å². The van der Waals surface area contributed by atoms with Crippen LogP contribution in [-0.2, 0) is 4.79 Å². The maximum atomic E-state index is 12.5. The fourth-order valence-corrected chi connectivity index (χ4v) is 3.21. The third-order valence-corrected chi connectivity index (χ3v) is 4.27. The summed E-state index contributed by atoms with van der Waals surface area (Å²) in [4.78, 5) is 17.6. The summed E-state index contributed by atoms with van der Waals surface area (Å²) in [6.45, 7) is 1.85. The van der Waals surface area contributed by atoms with Crippen molar-refractivity contribution in [3.05, 3.63) is 59.4 Å². The number of aliphatic hydroxyl groups is 1. The van der Waals surface area contributed by atoms with E-state index in [0.717, 1.165) is 10.6 Å². The van der Waals surface area contributed by atoms with Gasteiger partial charge in [0.1, 0.15) is 5.82 Å². The molecule has 0 saturated heterocycles. The topological polar surface area (TPSA) is 65.5 Å². The van der Waals surface area contributed by atoms with Crippen molar-refractivity contribution in [2.45, 2.75) is 11.8 Å². The number of anilines is 1. The van der Waals surface area contributed by atoms with E-state index < -0.39 is 0 Å². The summed E-state index contributed by atoms with van der Waals surface area (Å²) in [5.74, 6) is 0.0460. The molecule has 0 bridgehead atoms. The molecular weight excluding hydrogens is 298 g/mol. The highest BCUT2D eigenvalue weighted by atomic mass is 32.2. The van der Waals surface area contributed by atoms with Crippen molar-refractivity contribution < 1.29 is 9.90 Å². The molecule has 112 valence electrons. The number of rotatable bonds is 2. The van der Waals surface area contributed by atoms with Gasteiger partial charge in [-0.15, -0.1) is 0 Å². The number of aromatic nitrogens is 1. The average molecular weight is 313 g/mol. The smallest absolute Gasteiger partial charge is 0.277 e. The first-order valence-corrected chi connectivity index (χ1v) is 7.53. The van der Waals surface area contributed by atoms with Crippen LogP contribution >= 0.6 is 11.9 Å². The number of carbonyl (C=O) groups is 1. The first kappa shape index (κ1) is 14.5. The number of benzene rings is 1. The van der Waals surface area contributed by atoms with Gasteiger partial charge in [-0.1, -0.05) is 18.2 Å². The molecule has 0 fully saturated rings. The molecule has 1 aromatic heterocycles. The molecule has 1 amide bonds. The first-order chi connectivity index (χ1) is 10.6. The summed E-state index contributed by atoms with van der Waals surface area (Å²) >= 11 is 1.40. The van der Waals surface area contributed by atoms with Crippen molar-refractivity contribution in [1.29, 1.82) is 0 Å². The van der Waals surface area contributed by atoms with Crippen molar-refractivity contribution in [3.8, 4) is 0 Å². The Morgan fingerprint density at radius 2 is 2.00 bits per heavy atom. The van der Waals surface area contributed by atoms with Crippen molar-refractivity contribution >= 4 is 29.4 Å². The summed E-state index contributed by atoms with van der Waals surface area (Å²) in [7, 11) is 1.75. The lowest BCUT2D eigenvalue weighted by molar-refractivity contribution is -0.113. The number of nitrogens with one attached hydrogen (secondary N) is 1. The van der Waals surface area contributed by atoms with E-state index in [9.17, 15) is 9.90 Å². The molecule has 6 heteroatoms. The predicted molar refractivity (Wildman–Crippen MR) is 87.2 cm³/mol. The van der Waals surface area contributed by atoms with Crippen LogP contribution in [-0.4, -0.2) is 27.4 Å². The van der Waals surface area contributed by atoms with E-state index in [1.54, 1.807) is 23.5 Å². The van der Waals surface area contributed by atoms with E-state index in [0.29, 0.717) is 11.4 Å². The number of hydrogen-bond acceptors (Lipinski definition) is 5. The minimum Gasteiger partial charge on any atom is -0.505 e. The minimum absolute atomic E-state index is 0.0259. The quantitative estimate of drug-likeness (QED) is 0.834. The first-order valence-electron chi connectivity index (χ1n) is 6.75. The molecule has 0 atom stereocenters. The van der Waals surface area contributed by atoms with E-state index in [1.807, 2.05) is 37.3 Å². The summed E-state index contributed by atoms with van der Waals surface area (Å²) in [5.41, 5.74) is 1.69. The molecule has 1 aliphatic heterocycles. The molecule has 0 spiro atoms. The lowest BCUT2D eigenvalue weighted by Crippen LogP contribution is -2.27. The number of carbonyl (C=O) groups excluding carboxylic acids is 1. The molecular formula is C16H15N3O2S. The van der Waals surface area contributed by atoms with Crippen molar-refractivity contribution in [2.75, 3.05) is 12.4 Å². The number of fused-ring (bicyclic) bond motifs is 1. The standard InChI is InChI=1S/C16H15N3O2S/c1-10-6-5-9-13(17-10)18-16(21)14-15(20)11-7-3-4-8-12(11)22-19(14)2/h3-9,20H,1-2H3,(H,17,18,21). The van der Waals surface area contributed by atoms with Gasteiger partial charge in [0.2, 0.25) is 0 Å². The highest BCUT2D eigenvalue weighted by molar-refractivity contribution is 7.97. The molecule has 2 N–H and O–H groups in total. The zero-order chi connectivity index (χ0) is 15.7. The Kier molecular flexibility index (Phi) is 3.77. The van der Waals surface area contributed by atoms with Gasteiger partial charge in [0.05, 0.1) is 0 Å².